The second kappa shape index (κ2) is 5.46. The summed E-state index contributed by atoms with van der Waals surface area (Å²) in [5.74, 6) is 0.601. The number of rotatable bonds is 4. The van der Waals surface area contributed by atoms with Crippen LogP contribution in [0.1, 0.15) is 25.8 Å². The summed E-state index contributed by atoms with van der Waals surface area (Å²) in [6.45, 7) is 4.34. The number of hydrogen-bond acceptors (Lipinski definition) is 3. The van der Waals surface area contributed by atoms with Gasteiger partial charge in [-0.25, -0.2) is 4.98 Å². The third-order valence-electron chi connectivity index (χ3n) is 2.37. The number of carbonyl (C=O) groups excluding carboxylic acids is 1. The molecule has 82 valence electrons. The van der Waals surface area contributed by atoms with Crippen LogP contribution in [-0.4, -0.2) is 10.9 Å². The molecular weight excluding hydrogens is 190 g/mol. The lowest BCUT2D eigenvalue weighted by atomic mass is 10.1. The van der Waals surface area contributed by atoms with Crippen molar-refractivity contribution in [3.63, 3.8) is 0 Å². The molecule has 0 aliphatic rings. The number of pyridine rings is 1. The zero-order valence-corrected chi connectivity index (χ0v) is 9.16. The summed E-state index contributed by atoms with van der Waals surface area (Å²) in [5.41, 5.74) is 6.40. The number of nitrogens with zero attached hydrogens (tertiary/aromatic N) is 1. The molecule has 1 aromatic heterocycles. The molecule has 0 saturated heterocycles. The third-order valence-corrected chi connectivity index (χ3v) is 2.37. The average molecular weight is 207 g/mol. The van der Waals surface area contributed by atoms with Gasteiger partial charge in [0.25, 0.3) is 0 Å². The van der Waals surface area contributed by atoms with Gasteiger partial charge in [0.15, 0.2) is 0 Å². The van der Waals surface area contributed by atoms with Crippen LogP contribution < -0.4 is 11.1 Å². The summed E-state index contributed by atoms with van der Waals surface area (Å²) >= 11 is 0. The lowest BCUT2D eigenvalue weighted by Crippen LogP contribution is -2.20. The lowest BCUT2D eigenvalue weighted by Gasteiger charge is -2.09. The molecule has 1 heterocycles. The van der Waals surface area contributed by atoms with E-state index in [4.69, 9.17) is 5.73 Å². The standard InChI is InChI=1S/C11H17N3O/c1-3-8(2)11(15)14-10-5-4-9(6-12)7-13-10/h4-5,7-8H,3,6,12H2,1-2H3,(H,13,14,15). The Labute approximate surface area is 89.9 Å². The average Bonchev–Trinajstić information content (AvgIpc) is 2.29. The van der Waals surface area contributed by atoms with Crippen LogP contribution in [0.2, 0.25) is 0 Å². The van der Waals surface area contributed by atoms with Gasteiger partial charge in [-0.1, -0.05) is 19.9 Å². The van der Waals surface area contributed by atoms with Gasteiger partial charge in [0.1, 0.15) is 5.82 Å². The smallest absolute Gasteiger partial charge is 0.228 e. The number of amides is 1. The van der Waals surface area contributed by atoms with Gasteiger partial charge in [0.2, 0.25) is 5.91 Å². The number of nitrogens with two attached hydrogens (primary N) is 1. The van der Waals surface area contributed by atoms with Gasteiger partial charge < -0.3 is 11.1 Å². The molecule has 1 rings (SSSR count). The van der Waals surface area contributed by atoms with E-state index in [-0.39, 0.29) is 11.8 Å². The number of nitrogens with one attached hydrogen (secondary N) is 1. The molecule has 4 heteroatoms. The molecule has 1 atom stereocenters. The highest BCUT2D eigenvalue weighted by molar-refractivity contribution is 5.91. The van der Waals surface area contributed by atoms with Crippen LogP contribution in [0.3, 0.4) is 0 Å². The number of anilines is 1. The van der Waals surface area contributed by atoms with Crippen molar-refractivity contribution < 1.29 is 4.79 Å². The van der Waals surface area contributed by atoms with Crippen molar-refractivity contribution in [3.05, 3.63) is 23.9 Å². The van der Waals surface area contributed by atoms with Gasteiger partial charge in [-0.05, 0) is 18.1 Å². The molecular formula is C11H17N3O. The highest BCUT2D eigenvalue weighted by Gasteiger charge is 2.10. The highest BCUT2D eigenvalue weighted by atomic mass is 16.1. The van der Waals surface area contributed by atoms with E-state index in [0.717, 1.165) is 12.0 Å². The van der Waals surface area contributed by atoms with Crippen molar-refractivity contribution in [1.29, 1.82) is 0 Å². The molecule has 0 aromatic carbocycles. The summed E-state index contributed by atoms with van der Waals surface area (Å²) in [5, 5.41) is 2.75. The first-order valence-electron chi connectivity index (χ1n) is 5.13. The van der Waals surface area contributed by atoms with Crippen molar-refractivity contribution in [1.82, 2.24) is 4.98 Å². The topological polar surface area (TPSA) is 68.0 Å². The fraction of sp³-hybridized carbons (Fsp3) is 0.455. The SMILES string of the molecule is CCC(C)C(=O)Nc1ccc(CN)cn1. The molecule has 0 aliphatic carbocycles. The molecule has 15 heavy (non-hydrogen) atoms. The number of aromatic nitrogens is 1. The molecule has 1 unspecified atom stereocenters. The summed E-state index contributed by atoms with van der Waals surface area (Å²) in [4.78, 5) is 15.6. The Morgan fingerprint density at radius 3 is 2.80 bits per heavy atom. The minimum atomic E-state index is 0.00509. The van der Waals surface area contributed by atoms with Crippen LogP contribution in [0.15, 0.2) is 18.3 Å². The third kappa shape index (κ3) is 3.32. The monoisotopic (exact) mass is 207 g/mol. The summed E-state index contributed by atoms with van der Waals surface area (Å²) in [6, 6.07) is 3.63. The van der Waals surface area contributed by atoms with E-state index in [0.29, 0.717) is 12.4 Å². The predicted octanol–water partition coefficient (Wildman–Crippen LogP) is 1.52. The Kier molecular flexibility index (Phi) is 4.24. The summed E-state index contributed by atoms with van der Waals surface area (Å²) in [7, 11) is 0. The van der Waals surface area contributed by atoms with Gasteiger partial charge in [0, 0.05) is 18.7 Å². The van der Waals surface area contributed by atoms with Crippen LogP contribution in [0, 0.1) is 5.92 Å². The van der Waals surface area contributed by atoms with Crippen LogP contribution >= 0.6 is 0 Å². The minimum absolute atomic E-state index is 0.00509. The maximum Gasteiger partial charge on any atom is 0.228 e. The highest BCUT2D eigenvalue weighted by Crippen LogP contribution is 2.08. The summed E-state index contributed by atoms with van der Waals surface area (Å²) in [6.07, 6.45) is 2.50. The van der Waals surface area contributed by atoms with E-state index in [1.165, 1.54) is 0 Å². The molecule has 0 bridgehead atoms. The van der Waals surface area contributed by atoms with Crippen LogP contribution in [-0.2, 0) is 11.3 Å². The maximum absolute atomic E-state index is 11.5. The second-order valence-electron chi connectivity index (χ2n) is 3.55. The fourth-order valence-corrected chi connectivity index (χ4v) is 1.05. The molecule has 1 aromatic rings. The summed E-state index contributed by atoms with van der Waals surface area (Å²) < 4.78 is 0. The van der Waals surface area contributed by atoms with Gasteiger partial charge in [-0.3, -0.25) is 4.79 Å². The Morgan fingerprint density at radius 2 is 2.33 bits per heavy atom. The van der Waals surface area contributed by atoms with E-state index in [1.54, 1.807) is 12.3 Å². The molecule has 1 amide bonds. The quantitative estimate of drug-likeness (QED) is 0.786. The lowest BCUT2D eigenvalue weighted by molar-refractivity contribution is -0.119. The van der Waals surface area contributed by atoms with Gasteiger partial charge in [-0.15, -0.1) is 0 Å². The van der Waals surface area contributed by atoms with Crippen LogP contribution in [0.5, 0.6) is 0 Å². The van der Waals surface area contributed by atoms with E-state index in [1.807, 2.05) is 19.9 Å². The van der Waals surface area contributed by atoms with Crippen molar-refractivity contribution >= 4 is 11.7 Å². The van der Waals surface area contributed by atoms with Crippen LogP contribution in [0.25, 0.3) is 0 Å². The largest absolute Gasteiger partial charge is 0.326 e. The molecule has 0 aliphatic heterocycles. The number of carbonyl (C=O) groups is 1. The molecule has 4 nitrogen and oxygen atoms in total. The fourth-order valence-electron chi connectivity index (χ4n) is 1.05. The first kappa shape index (κ1) is 11.7. The Morgan fingerprint density at radius 1 is 1.60 bits per heavy atom. The van der Waals surface area contributed by atoms with Gasteiger partial charge in [0.05, 0.1) is 0 Å². The molecule has 0 fully saturated rings. The molecule has 0 saturated carbocycles. The number of hydrogen-bond donors (Lipinski definition) is 2. The zero-order valence-electron chi connectivity index (χ0n) is 9.16. The first-order chi connectivity index (χ1) is 7.17. The van der Waals surface area contributed by atoms with Crippen molar-refractivity contribution in [2.75, 3.05) is 5.32 Å². The van der Waals surface area contributed by atoms with E-state index in [2.05, 4.69) is 10.3 Å². The van der Waals surface area contributed by atoms with Crippen molar-refractivity contribution in [2.24, 2.45) is 11.7 Å². The van der Waals surface area contributed by atoms with E-state index in [9.17, 15) is 4.79 Å². The van der Waals surface area contributed by atoms with Crippen molar-refractivity contribution in [2.45, 2.75) is 26.8 Å². The predicted molar refractivity (Wildman–Crippen MR) is 60.2 cm³/mol. The second-order valence-corrected chi connectivity index (χ2v) is 3.55. The molecule has 3 N–H and O–H groups in total. The Hall–Kier alpha value is -1.42. The van der Waals surface area contributed by atoms with Crippen molar-refractivity contribution in [3.8, 4) is 0 Å². The minimum Gasteiger partial charge on any atom is -0.326 e. The first-order valence-corrected chi connectivity index (χ1v) is 5.13. The normalized spacial score (nSPS) is 12.2. The van der Waals surface area contributed by atoms with E-state index < -0.39 is 0 Å². The molecule has 0 spiro atoms. The van der Waals surface area contributed by atoms with Gasteiger partial charge >= 0.3 is 0 Å². The van der Waals surface area contributed by atoms with E-state index >= 15 is 0 Å². The Bertz CT molecular complexity index is 321. The van der Waals surface area contributed by atoms with Crippen LogP contribution in [0.4, 0.5) is 5.82 Å². The molecule has 0 radical (unpaired) electrons. The maximum atomic E-state index is 11.5. The van der Waals surface area contributed by atoms with Gasteiger partial charge in [-0.2, -0.15) is 0 Å². The zero-order chi connectivity index (χ0) is 11.3. The Balaban J connectivity index is 2.61.